The van der Waals surface area contributed by atoms with E-state index in [1.54, 1.807) is 35.0 Å². The molecule has 1 aromatic carbocycles. The molecule has 0 saturated carbocycles. The van der Waals surface area contributed by atoms with Crippen LogP contribution in [0.4, 0.5) is 0 Å². The first-order valence-electron chi connectivity index (χ1n) is 7.94. The minimum atomic E-state index is -0.208. The normalized spacial score (nSPS) is 17.2. The van der Waals surface area contributed by atoms with Crippen LogP contribution in [0.2, 0.25) is 0 Å². The first-order chi connectivity index (χ1) is 11.5. The molecule has 0 aliphatic carbocycles. The largest absolute Gasteiger partial charge is 0.342 e. The number of carbonyl (C=O) groups is 2. The zero-order chi connectivity index (χ0) is 17.3. The van der Waals surface area contributed by atoms with E-state index in [1.165, 1.54) is 6.92 Å². The van der Waals surface area contributed by atoms with Gasteiger partial charge in [0.25, 0.3) is 5.56 Å². The number of amides is 2. The highest BCUT2D eigenvalue weighted by molar-refractivity contribution is 5.81. The SMILES string of the molecule is CC(=O)N1CCC(C(=O)N(C)Cc2nc3ccccc3c(=O)[nH]2)C1. The van der Waals surface area contributed by atoms with E-state index >= 15 is 0 Å². The standard InChI is InChI=1S/C17H20N4O3/c1-11(22)21-8-7-12(9-21)17(24)20(2)10-15-18-14-6-4-3-5-13(14)16(23)19-15/h3-6,12H,7-10H2,1-2H3,(H,18,19,23). The molecule has 1 aliphatic heterocycles. The number of H-pyrrole nitrogens is 1. The van der Waals surface area contributed by atoms with Crippen molar-refractivity contribution in [1.29, 1.82) is 0 Å². The van der Waals surface area contributed by atoms with E-state index in [1.807, 2.05) is 6.07 Å². The number of nitrogens with one attached hydrogen (secondary N) is 1. The quantitative estimate of drug-likeness (QED) is 0.901. The van der Waals surface area contributed by atoms with Crippen molar-refractivity contribution in [3.8, 4) is 0 Å². The monoisotopic (exact) mass is 328 g/mol. The Balaban J connectivity index is 1.73. The van der Waals surface area contributed by atoms with Crippen LogP contribution in [-0.2, 0) is 16.1 Å². The van der Waals surface area contributed by atoms with Crippen LogP contribution < -0.4 is 5.56 Å². The number of rotatable bonds is 3. The van der Waals surface area contributed by atoms with Crippen LogP contribution >= 0.6 is 0 Å². The number of hydrogen-bond donors (Lipinski definition) is 1. The van der Waals surface area contributed by atoms with Crippen molar-refractivity contribution >= 4 is 22.7 Å². The van der Waals surface area contributed by atoms with Gasteiger partial charge in [-0.3, -0.25) is 14.4 Å². The van der Waals surface area contributed by atoms with Crippen molar-refractivity contribution in [2.24, 2.45) is 5.92 Å². The minimum absolute atomic E-state index is 0.00604. The van der Waals surface area contributed by atoms with Crippen molar-refractivity contribution in [2.45, 2.75) is 19.9 Å². The molecule has 3 rings (SSSR count). The fraction of sp³-hybridized carbons (Fsp3) is 0.412. The van der Waals surface area contributed by atoms with Crippen molar-refractivity contribution in [2.75, 3.05) is 20.1 Å². The van der Waals surface area contributed by atoms with Crippen LogP contribution in [0.25, 0.3) is 10.9 Å². The third-order valence-corrected chi connectivity index (χ3v) is 4.41. The van der Waals surface area contributed by atoms with Gasteiger partial charge in [0.2, 0.25) is 11.8 Å². The van der Waals surface area contributed by atoms with Crippen molar-refractivity contribution in [3.63, 3.8) is 0 Å². The first-order valence-corrected chi connectivity index (χ1v) is 7.94. The number of para-hydroxylation sites is 1. The fourth-order valence-corrected chi connectivity index (χ4v) is 3.07. The molecule has 2 heterocycles. The van der Waals surface area contributed by atoms with E-state index in [2.05, 4.69) is 9.97 Å². The Kier molecular flexibility index (Phi) is 4.33. The highest BCUT2D eigenvalue weighted by atomic mass is 16.2. The Bertz CT molecular complexity index is 845. The summed E-state index contributed by atoms with van der Waals surface area (Å²) in [6.07, 6.45) is 0.671. The van der Waals surface area contributed by atoms with Crippen LogP contribution in [0.15, 0.2) is 29.1 Å². The third kappa shape index (κ3) is 3.15. The average molecular weight is 328 g/mol. The van der Waals surface area contributed by atoms with Gasteiger partial charge in [0.05, 0.1) is 23.4 Å². The van der Waals surface area contributed by atoms with E-state index in [0.29, 0.717) is 36.2 Å². The molecule has 0 spiro atoms. The van der Waals surface area contributed by atoms with E-state index < -0.39 is 0 Å². The predicted molar refractivity (Wildman–Crippen MR) is 89.2 cm³/mol. The number of nitrogens with zero attached hydrogens (tertiary/aromatic N) is 3. The Morgan fingerprint density at radius 2 is 2.12 bits per heavy atom. The Morgan fingerprint density at radius 1 is 1.38 bits per heavy atom. The summed E-state index contributed by atoms with van der Waals surface area (Å²) in [7, 11) is 1.69. The molecular weight excluding hydrogens is 308 g/mol. The van der Waals surface area contributed by atoms with Gasteiger partial charge in [-0.25, -0.2) is 4.98 Å². The predicted octanol–water partition coefficient (Wildman–Crippen LogP) is 0.750. The lowest BCUT2D eigenvalue weighted by Crippen LogP contribution is -2.35. The van der Waals surface area contributed by atoms with E-state index in [9.17, 15) is 14.4 Å². The number of aromatic nitrogens is 2. The van der Waals surface area contributed by atoms with Crippen molar-refractivity contribution in [1.82, 2.24) is 19.8 Å². The summed E-state index contributed by atoms with van der Waals surface area (Å²) in [5.74, 6) is 0.227. The molecule has 24 heavy (non-hydrogen) atoms. The molecule has 1 aliphatic rings. The second kappa shape index (κ2) is 6.43. The molecule has 1 fully saturated rings. The van der Waals surface area contributed by atoms with Gasteiger partial charge in [-0.15, -0.1) is 0 Å². The molecule has 1 unspecified atom stereocenters. The van der Waals surface area contributed by atoms with Crippen LogP contribution in [0.5, 0.6) is 0 Å². The second-order valence-corrected chi connectivity index (χ2v) is 6.17. The van der Waals surface area contributed by atoms with Crippen LogP contribution in [0.3, 0.4) is 0 Å². The summed E-state index contributed by atoms with van der Waals surface area (Å²) >= 11 is 0. The molecule has 2 amide bonds. The smallest absolute Gasteiger partial charge is 0.258 e. The van der Waals surface area contributed by atoms with E-state index in [4.69, 9.17) is 0 Å². The zero-order valence-electron chi connectivity index (χ0n) is 13.8. The molecule has 2 aromatic rings. The van der Waals surface area contributed by atoms with Gasteiger partial charge in [0.1, 0.15) is 5.82 Å². The molecule has 1 atom stereocenters. The van der Waals surface area contributed by atoms with Crippen LogP contribution in [0.1, 0.15) is 19.2 Å². The van der Waals surface area contributed by atoms with Crippen LogP contribution in [-0.4, -0.2) is 51.7 Å². The summed E-state index contributed by atoms with van der Waals surface area (Å²) in [4.78, 5) is 46.4. The number of carbonyl (C=O) groups excluding carboxylic acids is 2. The molecule has 0 bridgehead atoms. The number of likely N-dealkylation sites (tertiary alicyclic amines) is 1. The molecule has 1 N–H and O–H groups in total. The minimum Gasteiger partial charge on any atom is -0.342 e. The lowest BCUT2D eigenvalue weighted by atomic mass is 10.1. The lowest BCUT2D eigenvalue weighted by molar-refractivity contribution is -0.134. The summed E-state index contributed by atoms with van der Waals surface area (Å²) < 4.78 is 0. The molecule has 0 radical (unpaired) electrons. The first kappa shape index (κ1) is 16.2. The van der Waals surface area contributed by atoms with Gasteiger partial charge in [0.15, 0.2) is 0 Å². The topological polar surface area (TPSA) is 86.4 Å². The molecule has 1 saturated heterocycles. The molecule has 126 valence electrons. The molecule has 1 aromatic heterocycles. The summed E-state index contributed by atoms with van der Waals surface area (Å²) in [5.41, 5.74) is 0.404. The number of hydrogen-bond acceptors (Lipinski definition) is 4. The summed E-state index contributed by atoms with van der Waals surface area (Å²) in [6.45, 7) is 2.82. The van der Waals surface area contributed by atoms with Gasteiger partial charge in [-0.1, -0.05) is 12.1 Å². The maximum atomic E-state index is 12.5. The van der Waals surface area contributed by atoms with Gasteiger partial charge in [-0.2, -0.15) is 0 Å². The van der Waals surface area contributed by atoms with Gasteiger partial charge in [0, 0.05) is 27.1 Å². The maximum Gasteiger partial charge on any atom is 0.258 e. The summed E-state index contributed by atoms with van der Waals surface area (Å²) in [6, 6.07) is 7.10. The van der Waals surface area contributed by atoms with E-state index in [0.717, 1.165) is 0 Å². The zero-order valence-corrected chi connectivity index (χ0v) is 13.8. The fourth-order valence-electron chi connectivity index (χ4n) is 3.07. The van der Waals surface area contributed by atoms with Gasteiger partial charge >= 0.3 is 0 Å². The maximum absolute atomic E-state index is 12.5. The van der Waals surface area contributed by atoms with Crippen LogP contribution in [0, 0.1) is 5.92 Å². The molecular formula is C17H20N4O3. The van der Waals surface area contributed by atoms with Gasteiger partial charge in [-0.05, 0) is 18.6 Å². The average Bonchev–Trinajstić information content (AvgIpc) is 3.04. The molecule has 7 heteroatoms. The highest BCUT2D eigenvalue weighted by Crippen LogP contribution is 2.19. The molecule has 7 nitrogen and oxygen atoms in total. The Hall–Kier alpha value is -2.70. The number of fused-ring (bicyclic) bond motifs is 1. The third-order valence-electron chi connectivity index (χ3n) is 4.41. The number of aromatic amines is 1. The summed E-state index contributed by atoms with van der Waals surface area (Å²) in [5, 5.41) is 0.531. The lowest BCUT2D eigenvalue weighted by Gasteiger charge is -2.21. The Labute approximate surface area is 139 Å². The Morgan fingerprint density at radius 3 is 2.83 bits per heavy atom. The second-order valence-electron chi connectivity index (χ2n) is 6.17. The van der Waals surface area contributed by atoms with Crippen molar-refractivity contribution in [3.05, 3.63) is 40.4 Å². The highest BCUT2D eigenvalue weighted by Gasteiger charge is 2.31. The van der Waals surface area contributed by atoms with E-state index in [-0.39, 0.29) is 29.8 Å². The number of benzene rings is 1. The van der Waals surface area contributed by atoms with Crippen molar-refractivity contribution < 1.29 is 9.59 Å². The van der Waals surface area contributed by atoms with Gasteiger partial charge < -0.3 is 14.8 Å².